The average molecular weight is 620 g/mol. The molecule has 10 nitrogen and oxygen atoms in total. The molecule has 0 N–H and O–H groups in total. The van der Waals surface area contributed by atoms with Crippen LogP contribution in [0.15, 0.2) is 48.8 Å². The molecule has 2 saturated heterocycles. The number of likely N-dealkylation sites (N-methyl/N-ethyl adjacent to an activating group) is 1. The molecule has 0 saturated carbocycles. The summed E-state index contributed by atoms with van der Waals surface area (Å²) in [6.45, 7) is 13.9. The zero-order chi connectivity index (χ0) is 31.0. The number of amides is 1. The Morgan fingerprint density at radius 1 is 1.18 bits per heavy atom. The number of hydrogen-bond acceptors (Lipinski definition) is 8. The van der Waals surface area contributed by atoms with Gasteiger partial charge < -0.3 is 33.9 Å². The summed E-state index contributed by atoms with van der Waals surface area (Å²) >= 11 is 6.69. The highest BCUT2D eigenvalue weighted by molar-refractivity contribution is 6.36. The highest BCUT2D eigenvalue weighted by Gasteiger charge is 2.37. The van der Waals surface area contributed by atoms with E-state index in [-0.39, 0.29) is 31.2 Å². The van der Waals surface area contributed by atoms with Crippen LogP contribution >= 0.6 is 11.6 Å². The van der Waals surface area contributed by atoms with Crippen molar-refractivity contribution in [1.29, 1.82) is 0 Å². The molecule has 0 aliphatic carbocycles. The number of aromatic nitrogens is 2. The maximum Gasteiger partial charge on any atom is 0.319 e. The van der Waals surface area contributed by atoms with Gasteiger partial charge in [-0.15, -0.1) is 0 Å². The number of hydrogen-bond donors (Lipinski definition) is 0. The first-order chi connectivity index (χ1) is 21.2. The maximum atomic E-state index is 13.8. The van der Waals surface area contributed by atoms with E-state index >= 15 is 0 Å². The lowest BCUT2D eigenvalue weighted by Gasteiger charge is -2.41. The molecule has 4 heterocycles. The van der Waals surface area contributed by atoms with E-state index in [1.54, 1.807) is 0 Å². The van der Waals surface area contributed by atoms with Crippen LogP contribution in [0.3, 0.4) is 0 Å². The van der Waals surface area contributed by atoms with Gasteiger partial charge in [0.1, 0.15) is 18.0 Å². The van der Waals surface area contributed by atoms with Crippen LogP contribution in [-0.4, -0.2) is 104 Å². The largest absolute Gasteiger partial charge is 0.456 e. The van der Waals surface area contributed by atoms with Gasteiger partial charge in [0.15, 0.2) is 5.83 Å². The molecule has 2 aromatic carbocycles. The second-order valence-electron chi connectivity index (χ2n) is 11.6. The highest BCUT2D eigenvalue weighted by atomic mass is 35.5. The van der Waals surface area contributed by atoms with Gasteiger partial charge in [-0.05, 0) is 38.0 Å². The van der Waals surface area contributed by atoms with Gasteiger partial charge in [0, 0.05) is 42.8 Å². The number of carbonyl (C=O) groups excluding carboxylic acids is 1. The van der Waals surface area contributed by atoms with Crippen molar-refractivity contribution in [2.45, 2.75) is 31.2 Å². The van der Waals surface area contributed by atoms with E-state index in [2.05, 4.69) is 44.3 Å². The van der Waals surface area contributed by atoms with Crippen LogP contribution in [-0.2, 0) is 22.5 Å². The van der Waals surface area contributed by atoms with Gasteiger partial charge in [0.05, 0.1) is 36.5 Å². The van der Waals surface area contributed by atoms with Crippen LogP contribution in [0.5, 0.6) is 6.01 Å². The molecule has 1 amide bonds. The fourth-order valence-electron chi connectivity index (χ4n) is 6.43. The van der Waals surface area contributed by atoms with E-state index in [9.17, 15) is 9.18 Å². The van der Waals surface area contributed by atoms with Crippen molar-refractivity contribution in [1.82, 2.24) is 19.8 Å². The lowest BCUT2D eigenvalue weighted by atomic mass is 10.0. The van der Waals surface area contributed by atoms with Gasteiger partial charge in [-0.3, -0.25) is 4.79 Å². The fraction of sp³-hybridized carbons (Fsp3) is 0.438. The Morgan fingerprint density at radius 2 is 1.98 bits per heavy atom. The van der Waals surface area contributed by atoms with Crippen molar-refractivity contribution >= 4 is 39.8 Å². The van der Waals surface area contributed by atoms with E-state index < -0.39 is 17.8 Å². The van der Waals surface area contributed by atoms with Crippen LogP contribution in [0.4, 0.5) is 15.9 Å². The number of ether oxygens (including phenoxy) is 2. The van der Waals surface area contributed by atoms with Gasteiger partial charge in [-0.2, -0.15) is 9.97 Å². The molecule has 3 aromatic rings. The van der Waals surface area contributed by atoms with Gasteiger partial charge in [0.2, 0.25) is 6.54 Å². The molecule has 3 atom stereocenters. The summed E-state index contributed by atoms with van der Waals surface area (Å²) in [5.41, 5.74) is 2.88. The predicted octanol–water partition coefficient (Wildman–Crippen LogP) is 3.97. The Balaban J connectivity index is 1.37. The Kier molecular flexibility index (Phi) is 8.58. The first kappa shape index (κ1) is 30.1. The summed E-state index contributed by atoms with van der Waals surface area (Å²) in [7, 11) is 3.98. The molecular formula is C32H35ClFN7O3. The fourth-order valence-corrected chi connectivity index (χ4v) is 6.71. The summed E-state index contributed by atoms with van der Waals surface area (Å²) in [6.07, 6.45) is 0.430. The molecule has 3 aliphatic heterocycles. The third-order valence-corrected chi connectivity index (χ3v) is 9.01. The SMILES string of the molecule is [C-]#[N+]C[C@H]1CN(c2nc(O[C@@H]3COC[C@H]3N(C)C)nc3c2CCN(c2cccc4cccc(Cl)c24)C3)CCN1C(=O)C(=C)F. The normalized spacial score (nSPS) is 21.8. The Labute approximate surface area is 261 Å². The molecule has 44 heavy (non-hydrogen) atoms. The molecule has 0 unspecified atom stereocenters. The van der Waals surface area contributed by atoms with E-state index in [4.69, 9.17) is 37.6 Å². The summed E-state index contributed by atoms with van der Waals surface area (Å²) in [5, 5.41) is 2.76. The minimum atomic E-state index is -1.02. The number of benzene rings is 2. The Hall–Kier alpha value is -3.98. The van der Waals surface area contributed by atoms with Gasteiger partial charge in [-0.1, -0.05) is 42.4 Å². The van der Waals surface area contributed by atoms with Crippen molar-refractivity contribution in [3.8, 4) is 6.01 Å². The minimum absolute atomic E-state index is 0.0473. The minimum Gasteiger partial charge on any atom is -0.456 e. The van der Waals surface area contributed by atoms with Gasteiger partial charge in [0.25, 0.3) is 5.91 Å². The number of halogens is 2. The van der Waals surface area contributed by atoms with Crippen LogP contribution in [0.2, 0.25) is 5.02 Å². The summed E-state index contributed by atoms with van der Waals surface area (Å²) in [5.74, 6) is -1.07. The highest BCUT2D eigenvalue weighted by Crippen LogP contribution is 2.37. The number of carbonyl (C=O) groups is 1. The van der Waals surface area contributed by atoms with E-state index in [0.29, 0.717) is 44.3 Å². The van der Waals surface area contributed by atoms with Crippen LogP contribution < -0.4 is 14.5 Å². The lowest BCUT2D eigenvalue weighted by Crippen LogP contribution is -2.57. The lowest BCUT2D eigenvalue weighted by molar-refractivity contribution is -0.131. The summed E-state index contributed by atoms with van der Waals surface area (Å²) in [4.78, 5) is 33.8. The number of fused-ring (bicyclic) bond motifs is 2. The number of nitrogens with zero attached hydrogens (tertiary/aromatic N) is 7. The summed E-state index contributed by atoms with van der Waals surface area (Å²) in [6, 6.07) is 11.9. The molecular weight excluding hydrogens is 585 g/mol. The topological polar surface area (TPSA) is 78.6 Å². The molecule has 1 aromatic heterocycles. The van der Waals surface area contributed by atoms with E-state index in [0.717, 1.165) is 40.1 Å². The van der Waals surface area contributed by atoms with Crippen molar-refractivity contribution in [2.75, 3.05) is 69.8 Å². The van der Waals surface area contributed by atoms with Crippen molar-refractivity contribution in [3.63, 3.8) is 0 Å². The maximum absolute atomic E-state index is 13.8. The molecule has 12 heteroatoms. The molecule has 0 bridgehead atoms. The van der Waals surface area contributed by atoms with Crippen molar-refractivity contribution in [2.24, 2.45) is 0 Å². The Bertz CT molecular complexity index is 1620. The number of rotatable bonds is 7. The van der Waals surface area contributed by atoms with Crippen LogP contribution in [0, 0.1) is 6.57 Å². The zero-order valence-electron chi connectivity index (χ0n) is 24.9. The molecule has 3 aliphatic rings. The Morgan fingerprint density at radius 3 is 2.73 bits per heavy atom. The van der Waals surface area contributed by atoms with Crippen LogP contribution in [0.1, 0.15) is 11.3 Å². The van der Waals surface area contributed by atoms with Crippen molar-refractivity contribution in [3.05, 3.63) is 76.5 Å². The third-order valence-electron chi connectivity index (χ3n) is 8.69. The molecule has 6 rings (SSSR count). The predicted molar refractivity (Wildman–Crippen MR) is 168 cm³/mol. The van der Waals surface area contributed by atoms with Crippen LogP contribution in [0.25, 0.3) is 15.6 Å². The monoisotopic (exact) mass is 619 g/mol. The molecule has 230 valence electrons. The molecule has 0 spiro atoms. The first-order valence-corrected chi connectivity index (χ1v) is 15.1. The molecule has 2 fully saturated rings. The van der Waals surface area contributed by atoms with Gasteiger partial charge in [-0.25, -0.2) is 11.0 Å². The molecule has 0 radical (unpaired) electrons. The van der Waals surface area contributed by atoms with Gasteiger partial charge >= 0.3 is 6.01 Å². The second kappa shape index (κ2) is 12.6. The average Bonchev–Trinajstić information content (AvgIpc) is 3.48. The second-order valence-corrected chi connectivity index (χ2v) is 12.0. The number of anilines is 2. The first-order valence-electron chi connectivity index (χ1n) is 14.7. The zero-order valence-corrected chi connectivity index (χ0v) is 25.6. The standard InChI is InChI=1S/C32H35ClFN7O3/c1-20(34)31(42)41-14-13-40(16-22(41)15-35-2)30-23-11-12-39(26-10-6-8-21-7-5-9-24(33)29(21)26)17-25(23)36-32(37-30)44-28-19-43-18-27(28)38(3)4/h5-10,22,27-28H,1,11-19H2,3-4H3/t22-,27+,28+/m0/s1. The third kappa shape index (κ3) is 5.77. The quantitative estimate of drug-likeness (QED) is 0.291. The number of piperazine rings is 1. The van der Waals surface area contributed by atoms with E-state index in [1.807, 2.05) is 32.3 Å². The van der Waals surface area contributed by atoms with Crippen molar-refractivity contribution < 1.29 is 18.7 Å². The summed E-state index contributed by atoms with van der Waals surface area (Å²) < 4.78 is 26.0. The smallest absolute Gasteiger partial charge is 0.319 e. The van der Waals surface area contributed by atoms with E-state index in [1.165, 1.54) is 4.90 Å².